The molecule has 0 fully saturated rings. The molecule has 0 aromatic heterocycles. The average Bonchev–Trinajstić information content (AvgIpc) is 3.12. The van der Waals surface area contributed by atoms with Gasteiger partial charge in [0.05, 0.1) is 6.04 Å². The van der Waals surface area contributed by atoms with Crippen molar-refractivity contribution < 1.29 is 9.31 Å². The maximum Gasteiger partial charge on any atom is 0.563 e. The zero-order valence-electron chi connectivity index (χ0n) is 27.7. The first-order valence-electron chi connectivity index (χ1n) is 16.1. The van der Waals surface area contributed by atoms with Crippen LogP contribution in [0.4, 0.5) is 0 Å². The molecule has 5 aromatic carbocycles. The zero-order chi connectivity index (χ0) is 32.5. The van der Waals surface area contributed by atoms with E-state index in [4.69, 9.17) is 20.9 Å². The van der Waals surface area contributed by atoms with Crippen LogP contribution in [0.3, 0.4) is 0 Å². The van der Waals surface area contributed by atoms with Crippen LogP contribution in [0.1, 0.15) is 81.0 Å². The molecule has 1 aliphatic rings. The van der Waals surface area contributed by atoms with E-state index in [1.165, 1.54) is 5.56 Å². The Hall–Kier alpha value is -3.83. The van der Waals surface area contributed by atoms with Crippen LogP contribution in [0.5, 0.6) is 5.75 Å². The predicted octanol–water partition coefficient (Wildman–Crippen LogP) is 9.51. The van der Waals surface area contributed by atoms with Crippen molar-refractivity contribution in [3.8, 4) is 5.75 Å². The van der Waals surface area contributed by atoms with Crippen LogP contribution in [0.2, 0.25) is 5.02 Å². The van der Waals surface area contributed by atoms with E-state index < -0.39 is 12.7 Å². The van der Waals surface area contributed by atoms with Crippen LogP contribution in [-0.4, -0.2) is 7.12 Å². The third-order valence-electron chi connectivity index (χ3n) is 8.94. The second-order valence-electron chi connectivity index (χ2n) is 14.3. The summed E-state index contributed by atoms with van der Waals surface area (Å²) in [6, 6.07) is 43.9. The van der Waals surface area contributed by atoms with Gasteiger partial charge in [-0.1, -0.05) is 168 Å². The van der Waals surface area contributed by atoms with Crippen molar-refractivity contribution in [2.75, 3.05) is 0 Å². The number of halogens is 1. The zero-order valence-corrected chi connectivity index (χ0v) is 28.4. The van der Waals surface area contributed by atoms with Gasteiger partial charge in [-0.2, -0.15) is 0 Å². The van der Waals surface area contributed by atoms with Crippen molar-refractivity contribution in [3.63, 3.8) is 0 Å². The molecule has 0 saturated heterocycles. The molecule has 6 rings (SSSR count). The van der Waals surface area contributed by atoms with Crippen molar-refractivity contribution in [1.82, 2.24) is 5.32 Å². The Bertz CT molecular complexity index is 1720. The summed E-state index contributed by atoms with van der Waals surface area (Å²) in [6.07, 6.45) is 0. The molecule has 0 unspecified atom stereocenters. The van der Waals surface area contributed by atoms with E-state index in [0.29, 0.717) is 11.6 Å². The van der Waals surface area contributed by atoms with Crippen LogP contribution >= 0.6 is 11.6 Å². The summed E-state index contributed by atoms with van der Waals surface area (Å²) in [6.45, 7) is 14.2. The number of benzene rings is 5. The Morgan fingerprint density at radius 2 is 1.24 bits per heavy atom. The van der Waals surface area contributed by atoms with E-state index in [0.717, 1.165) is 39.0 Å². The summed E-state index contributed by atoms with van der Waals surface area (Å²) in [5.41, 5.74) is 6.40. The molecule has 1 N–H and O–H groups in total. The molecule has 0 spiro atoms. The van der Waals surface area contributed by atoms with Crippen molar-refractivity contribution in [3.05, 3.63) is 166 Å². The maximum absolute atomic E-state index is 7.62. The van der Waals surface area contributed by atoms with Crippen molar-refractivity contribution in [2.45, 2.75) is 70.6 Å². The van der Waals surface area contributed by atoms with Gasteiger partial charge in [0.15, 0.2) is 0 Å². The molecule has 1 aliphatic heterocycles. The second-order valence-corrected chi connectivity index (χ2v) is 14.8. The predicted molar refractivity (Wildman–Crippen MR) is 192 cm³/mol. The highest BCUT2D eigenvalue weighted by atomic mass is 35.5. The molecule has 0 bridgehead atoms. The topological polar surface area (TPSA) is 30.5 Å². The number of nitrogens with one attached hydrogen (secondary N) is 1. The smallest absolute Gasteiger partial charge is 0.532 e. The summed E-state index contributed by atoms with van der Waals surface area (Å²) in [4.78, 5) is 0. The largest absolute Gasteiger partial charge is 0.563 e. The van der Waals surface area contributed by atoms with E-state index in [-0.39, 0.29) is 16.9 Å². The lowest BCUT2D eigenvalue weighted by molar-refractivity contribution is 0.0495. The molecule has 234 valence electrons. The Morgan fingerprint density at radius 1 is 0.696 bits per heavy atom. The van der Waals surface area contributed by atoms with Gasteiger partial charge >= 0.3 is 7.12 Å². The Labute approximate surface area is 280 Å². The summed E-state index contributed by atoms with van der Waals surface area (Å²) in [5.74, 6) is 0.858. The van der Waals surface area contributed by atoms with Crippen LogP contribution in [0.15, 0.2) is 127 Å². The van der Waals surface area contributed by atoms with Gasteiger partial charge in [0, 0.05) is 17.1 Å². The molecule has 0 aliphatic carbocycles. The lowest BCUT2D eigenvalue weighted by Crippen LogP contribution is -2.52. The maximum atomic E-state index is 7.62. The molecule has 3 nitrogen and oxygen atoms in total. The minimum absolute atomic E-state index is 0.0454. The molecule has 0 radical (unpaired) electrons. The molecule has 46 heavy (non-hydrogen) atoms. The summed E-state index contributed by atoms with van der Waals surface area (Å²) in [7, 11) is -0.760. The van der Waals surface area contributed by atoms with E-state index in [2.05, 4.69) is 150 Å². The Kier molecular flexibility index (Phi) is 8.91. The van der Waals surface area contributed by atoms with Gasteiger partial charge in [0.25, 0.3) is 0 Å². The van der Waals surface area contributed by atoms with Crippen molar-refractivity contribution >= 4 is 24.2 Å². The first-order chi connectivity index (χ1) is 22.0. The minimum atomic E-state index is -0.981. The third kappa shape index (κ3) is 6.40. The lowest BCUT2D eigenvalue weighted by Gasteiger charge is -2.43. The highest BCUT2D eigenvalue weighted by Gasteiger charge is 2.49. The van der Waals surface area contributed by atoms with Gasteiger partial charge in [0.1, 0.15) is 11.4 Å². The molecular formula is C41H43BClNO2. The van der Waals surface area contributed by atoms with E-state index >= 15 is 0 Å². The number of hydrogen-bond donors (Lipinski definition) is 1. The van der Waals surface area contributed by atoms with E-state index in [1.807, 2.05) is 24.3 Å². The van der Waals surface area contributed by atoms with Crippen LogP contribution in [-0.2, 0) is 27.6 Å². The van der Waals surface area contributed by atoms with E-state index in [1.54, 1.807) is 0 Å². The monoisotopic (exact) mass is 627 g/mol. The molecule has 0 saturated carbocycles. The fourth-order valence-corrected chi connectivity index (χ4v) is 6.56. The average molecular weight is 628 g/mol. The molecule has 5 aromatic rings. The number of fused-ring (bicyclic) bond motifs is 1. The Balaban J connectivity index is 1.69. The number of hydrogen-bond acceptors (Lipinski definition) is 3. The molecule has 1 atom stereocenters. The quantitative estimate of drug-likeness (QED) is 0.201. The first kappa shape index (κ1) is 32.1. The highest BCUT2D eigenvalue weighted by molar-refractivity contribution is 6.62. The normalized spacial score (nSPS) is 16.8. The van der Waals surface area contributed by atoms with Crippen LogP contribution in [0, 0.1) is 0 Å². The SMILES string of the molecule is CC(C)(C)c1cc2c(c(C(C)(C)C)c1)OB(c1ccc(Cl)cc1)OC(c1ccccc1)(c1ccccc1)[C@@H](c1ccccc1)NC2. The van der Waals surface area contributed by atoms with E-state index in [9.17, 15) is 0 Å². The van der Waals surface area contributed by atoms with Gasteiger partial charge < -0.3 is 14.6 Å². The lowest BCUT2D eigenvalue weighted by atomic mass is 9.71. The van der Waals surface area contributed by atoms with Gasteiger partial charge in [-0.05, 0) is 56.2 Å². The fraction of sp³-hybridized carbons (Fsp3) is 0.268. The van der Waals surface area contributed by atoms with Crippen LogP contribution < -0.4 is 15.4 Å². The molecule has 0 amide bonds. The number of rotatable bonds is 4. The first-order valence-corrected chi connectivity index (χ1v) is 16.5. The van der Waals surface area contributed by atoms with Crippen LogP contribution in [0.25, 0.3) is 0 Å². The minimum Gasteiger partial charge on any atom is -0.532 e. The standard InChI is InChI=1S/C41H43BClNO2/c1-39(2,3)33-26-30-28-44-38(29-16-10-7-11-17-29)41(31-18-12-8-13-19-31,32-20-14-9-15-21-32)46-42(34-22-24-35(43)25-23-34)45-37(30)36(27-33)40(4,5)6/h7-27,38,44H,28H2,1-6H3/t38-/m1/s1. The van der Waals surface area contributed by atoms with Gasteiger partial charge in [0.2, 0.25) is 0 Å². The fourth-order valence-electron chi connectivity index (χ4n) is 6.43. The summed E-state index contributed by atoms with van der Waals surface area (Å²) >= 11 is 6.42. The summed E-state index contributed by atoms with van der Waals surface area (Å²) in [5, 5.41) is 4.70. The third-order valence-corrected chi connectivity index (χ3v) is 9.19. The highest BCUT2D eigenvalue weighted by Crippen LogP contribution is 2.47. The molecule has 5 heteroatoms. The molecular weight excluding hydrogens is 585 g/mol. The molecule has 1 heterocycles. The van der Waals surface area contributed by atoms with Gasteiger partial charge in [-0.3, -0.25) is 0 Å². The van der Waals surface area contributed by atoms with Gasteiger partial charge in [-0.25, -0.2) is 0 Å². The van der Waals surface area contributed by atoms with Gasteiger partial charge in [-0.15, -0.1) is 0 Å². The Morgan fingerprint density at radius 3 is 1.76 bits per heavy atom. The van der Waals surface area contributed by atoms with Crippen molar-refractivity contribution in [1.29, 1.82) is 0 Å². The second kappa shape index (κ2) is 12.8. The summed E-state index contributed by atoms with van der Waals surface area (Å²) < 4.78 is 14.9. The van der Waals surface area contributed by atoms with Crippen molar-refractivity contribution in [2.24, 2.45) is 0 Å².